The minimum absolute atomic E-state index is 0. The molecule has 0 heterocycles. The van der Waals surface area contributed by atoms with Gasteiger partial charge in [-0.2, -0.15) is 0 Å². The van der Waals surface area contributed by atoms with E-state index in [-0.39, 0.29) is 26.7 Å². The molecule has 0 aliphatic heterocycles. The topological polar surface area (TPSA) is 322 Å². The van der Waals surface area contributed by atoms with Crippen LogP contribution in [0.25, 0.3) is 0 Å². The molecule has 490 valence electrons. The Balaban J connectivity index is -0.0000000629. The lowest BCUT2D eigenvalue weighted by molar-refractivity contribution is 0.0708. The van der Waals surface area contributed by atoms with Crippen molar-refractivity contribution in [1.29, 1.82) is 0 Å². The van der Waals surface area contributed by atoms with Crippen LogP contribution < -0.4 is 27.8 Å². The highest BCUT2D eigenvalue weighted by atomic mass is 28.4. The van der Waals surface area contributed by atoms with Crippen LogP contribution in [0.4, 0.5) is 4.79 Å². The molecule has 11 N–H and O–H groups in total. The third-order valence-electron chi connectivity index (χ3n) is 8.22. The van der Waals surface area contributed by atoms with Crippen LogP contribution in [0.5, 0.6) is 0 Å². The van der Waals surface area contributed by atoms with E-state index in [0.29, 0.717) is 83.8 Å². The average Bonchev–Trinajstić information content (AvgIpc) is 3.48. The lowest BCUT2D eigenvalue weighted by Crippen LogP contribution is -2.46. The molecule has 0 bridgehead atoms. The normalized spacial score (nSPS) is 9.32. The van der Waals surface area contributed by atoms with Gasteiger partial charge in [0.05, 0.1) is 13.1 Å². The molecule has 0 unspecified atom stereocenters. The van der Waals surface area contributed by atoms with Gasteiger partial charge in [-0.3, -0.25) is 0 Å². The Morgan fingerprint density at radius 3 is 0.924 bits per heavy atom. The van der Waals surface area contributed by atoms with Crippen molar-refractivity contribution in [1.82, 2.24) is 10.6 Å². The Morgan fingerprint density at radius 2 is 0.671 bits per heavy atom. The number of carbonyl (C=O) groups excluding carboxylic acids is 3. The van der Waals surface area contributed by atoms with Crippen molar-refractivity contribution in [2.45, 2.75) is 214 Å². The van der Waals surface area contributed by atoms with Gasteiger partial charge in [-0.25, -0.2) is 24.4 Å². The van der Waals surface area contributed by atoms with E-state index < -0.39 is 26.4 Å². The first kappa shape index (κ1) is 109. The fourth-order valence-corrected chi connectivity index (χ4v) is 11.9. The van der Waals surface area contributed by atoms with Crippen molar-refractivity contribution in [3.63, 3.8) is 0 Å². The van der Waals surface area contributed by atoms with E-state index in [4.69, 9.17) is 72.4 Å². The smallest absolute Gasteiger partial charge is 0.400 e. The van der Waals surface area contributed by atoms with Gasteiger partial charge in [-0.1, -0.05) is 102 Å². The SMILES string of the molecule is C.CC.CC.CC.CC.CC.CCO.CCO.CCO[Si](CCCN=C=O)(OC)OCC.CCO[Si](CCCNC(=O)NCCCCCCN)(OCC)OCC.CO.CO[Si](CCCN=C=O)(OC)OC.NCCCCCCN. The molecular formula is C54H137N7O15Si3. The molecule has 22 nitrogen and oxygen atoms in total. The third-order valence-corrected chi connectivity index (χ3v) is 17.2. The number of hydrogen-bond donors (Lipinski definition) is 8. The van der Waals surface area contributed by atoms with Crippen LogP contribution in [0.3, 0.4) is 0 Å². The van der Waals surface area contributed by atoms with Crippen LogP contribution in [-0.2, 0) is 49.4 Å². The first-order chi connectivity index (χ1) is 37.9. The number of aliphatic imine (C=N–C) groups is 2. The number of nitrogens with zero attached hydrogens (tertiary/aromatic N) is 2. The highest BCUT2D eigenvalue weighted by Gasteiger charge is 2.40. The third kappa shape index (κ3) is 98.6. The van der Waals surface area contributed by atoms with Crippen LogP contribution in [0.15, 0.2) is 9.98 Å². The molecule has 0 aromatic carbocycles. The summed E-state index contributed by atoms with van der Waals surface area (Å²) in [6.07, 6.45) is 14.2. The van der Waals surface area contributed by atoms with E-state index in [1.165, 1.54) is 25.0 Å². The van der Waals surface area contributed by atoms with Gasteiger partial charge < -0.3 is 83.0 Å². The molecule has 2 amide bonds. The monoisotopic (exact) mass is 1210 g/mol. The zero-order valence-corrected chi connectivity index (χ0v) is 57.7. The maximum Gasteiger partial charge on any atom is 0.500 e. The van der Waals surface area contributed by atoms with Gasteiger partial charge in [0.2, 0.25) is 12.2 Å². The first-order valence-electron chi connectivity index (χ1n) is 29.1. The minimum Gasteiger partial charge on any atom is -0.400 e. The molecular weight excluding hydrogens is 1070 g/mol. The molecule has 0 aliphatic carbocycles. The van der Waals surface area contributed by atoms with Crippen LogP contribution in [0.1, 0.15) is 196 Å². The minimum atomic E-state index is -2.59. The number of hydrogen-bond acceptors (Lipinski definition) is 20. The van der Waals surface area contributed by atoms with Gasteiger partial charge in [0.15, 0.2) is 0 Å². The van der Waals surface area contributed by atoms with Crippen molar-refractivity contribution >= 4 is 44.6 Å². The van der Waals surface area contributed by atoms with E-state index >= 15 is 0 Å². The molecule has 0 spiro atoms. The summed E-state index contributed by atoms with van der Waals surface area (Å²) in [5.41, 5.74) is 16.0. The zero-order chi connectivity index (χ0) is 63.5. The lowest BCUT2D eigenvalue weighted by Gasteiger charge is -2.28. The van der Waals surface area contributed by atoms with Crippen molar-refractivity contribution in [3.05, 3.63) is 0 Å². The van der Waals surface area contributed by atoms with Crippen LogP contribution in [0, 0.1) is 0 Å². The molecule has 0 rings (SSSR count). The van der Waals surface area contributed by atoms with Gasteiger partial charge in [0.25, 0.3) is 0 Å². The number of nitrogens with two attached hydrogens (primary N) is 3. The molecule has 0 aromatic rings. The standard InChI is InChI=1S/C16H37N3O4Si.C9H19NO4Si.C7H15NO4Si.C6H16N2.2C2H6O.5C2H6.CH4O.CH4/c1-4-21-24(22-5-2,23-6-3)15-11-14-19-16(20)18-13-10-8-7-9-12-17;1-4-13-15(12-3,14-5-2)8-6-7-10-9-11;1-10-13(11-2,12-3)6-4-5-8-7-9;7-5-3-1-2-4-6-8;2*1-2-3;6*1-2;/h4-15,17H2,1-3H3,(H2,18,19,20);4-8H2,1-3H3;4-6H2,1-3H3;1-8H2;2*3H,2H2,1H3;5*1-2H3;2H,1H3;1H4. The highest BCUT2D eigenvalue weighted by Crippen LogP contribution is 2.19. The fraction of sp³-hybridized carbons (Fsp3) is 0.944. The number of carbonyl (C=O) groups is 1. The summed E-state index contributed by atoms with van der Waals surface area (Å²) in [6.45, 7) is 40.9. The molecule has 0 saturated carbocycles. The Labute approximate surface area is 491 Å². The number of aliphatic hydroxyl groups is 3. The summed E-state index contributed by atoms with van der Waals surface area (Å²) in [5.74, 6) is 0. The fourth-order valence-electron chi connectivity index (χ4n) is 5.28. The summed E-state index contributed by atoms with van der Waals surface area (Å²) in [7, 11) is -0.289. The summed E-state index contributed by atoms with van der Waals surface area (Å²) >= 11 is 0. The molecule has 0 saturated heterocycles. The van der Waals surface area contributed by atoms with Gasteiger partial charge in [-0.05, 0) is 113 Å². The summed E-state index contributed by atoms with van der Waals surface area (Å²) < 4.78 is 49.3. The predicted octanol–water partition coefficient (Wildman–Crippen LogP) is 10.0. The van der Waals surface area contributed by atoms with E-state index in [1.807, 2.05) is 104 Å². The number of isocyanates is 2. The van der Waals surface area contributed by atoms with Crippen molar-refractivity contribution in [3.8, 4) is 0 Å². The Morgan fingerprint density at radius 1 is 0.430 bits per heavy atom. The van der Waals surface area contributed by atoms with Crippen LogP contribution >= 0.6 is 0 Å². The Bertz CT molecular complexity index is 1030. The van der Waals surface area contributed by atoms with E-state index in [2.05, 4.69) is 20.6 Å². The zero-order valence-electron chi connectivity index (χ0n) is 54.7. The summed E-state index contributed by atoms with van der Waals surface area (Å²) in [4.78, 5) is 38.3. The quantitative estimate of drug-likeness (QED) is 0.0124. The molecule has 0 aliphatic rings. The van der Waals surface area contributed by atoms with E-state index in [9.17, 15) is 14.4 Å². The average molecular weight is 1210 g/mol. The number of unbranched alkanes of at least 4 members (excludes halogenated alkanes) is 6. The molecule has 0 atom stereocenters. The second-order valence-electron chi connectivity index (χ2n) is 13.3. The van der Waals surface area contributed by atoms with Crippen molar-refractivity contribution in [2.75, 3.05) is 128 Å². The van der Waals surface area contributed by atoms with Gasteiger partial charge in [-0.15, -0.1) is 0 Å². The molecule has 0 radical (unpaired) electrons. The number of nitrogens with one attached hydrogen (secondary N) is 2. The summed E-state index contributed by atoms with van der Waals surface area (Å²) in [5, 5.41) is 27.9. The second-order valence-corrected chi connectivity index (χ2v) is 22.0. The number of rotatable bonds is 37. The van der Waals surface area contributed by atoms with Gasteiger partial charge >= 0.3 is 32.4 Å². The highest BCUT2D eigenvalue weighted by molar-refractivity contribution is 6.61. The predicted molar refractivity (Wildman–Crippen MR) is 340 cm³/mol. The molecule has 79 heavy (non-hydrogen) atoms. The largest absolute Gasteiger partial charge is 0.500 e. The Hall–Kier alpha value is -1.92. The van der Waals surface area contributed by atoms with Gasteiger partial charge in [0.1, 0.15) is 0 Å². The lowest BCUT2D eigenvalue weighted by atomic mass is 10.2. The van der Waals surface area contributed by atoms with Gasteiger partial charge in [0, 0.05) is 113 Å². The number of amides is 2. The maximum atomic E-state index is 11.7. The molecule has 25 heteroatoms. The van der Waals surface area contributed by atoms with Crippen molar-refractivity contribution in [2.24, 2.45) is 27.2 Å². The van der Waals surface area contributed by atoms with Crippen LogP contribution in [0.2, 0.25) is 18.1 Å². The molecule has 0 aromatic heterocycles. The van der Waals surface area contributed by atoms with E-state index in [1.54, 1.807) is 42.3 Å². The molecule has 0 fully saturated rings. The number of urea groups is 1. The number of aliphatic hydroxyl groups excluding tert-OH is 3. The first-order valence-corrected chi connectivity index (χ1v) is 34.9. The van der Waals surface area contributed by atoms with Crippen LogP contribution in [-0.4, -0.2) is 188 Å². The maximum absolute atomic E-state index is 11.7. The summed E-state index contributed by atoms with van der Waals surface area (Å²) in [6, 6.07) is 1.92. The second kappa shape index (κ2) is 111. The Kier molecular flexibility index (Phi) is 153. The van der Waals surface area contributed by atoms with E-state index in [0.717, 1.165) is 78.1 Å². The van der Waals surface area contributed by atoms with Crippen molar-refractivity contribution < 1.29 is 69.5 Å².